The van der Waals surface area contributed by atoms with Gasteiger partial charge in [0.05, 0.1) is 12.0 Å². The zero-order valence-electron chi connectivity index (χ0n) is 13.3. The summed E-state index contributed by atoms with van der Waals surface area (Å²) in [4.78, 5) is 25.3. The zero-order chi connectivity index (χ0) is 16.3. The van der Waals surface area contributed by atoms with Crippen LogP contribution < -0.4 is 4.74 Å². The number of nitrogens with zero attached hydrogens (tertiary/aromatic N) is 1. The molecule has 5 nitrogen and oxygen atoms in total. The van der Waals surface area contributed by atoms with Crippen LogP contribution in [0.5, 0.6) is 5.75 Å². The van der Waals surface area contributed by atoms with E-state index in [1.54, 1.807) is 36.1 Å². The van der Waals surface area contributed by atoms with E-state index in [1.165, 1.54) is 0 Å². The first-order chi connectivity index (χ1) is 10.3. The first-order valence-electron chi connectivity index (χ1n) is 7.57. The molecule has 1 aliphatic heterocycles. The van der Waals surface area contributed by atoms with Crippen LogP contribution in [0.2, 0.25) is 0 Å². The molecule has 1 N–H and O–H groups in total. The molecule has 120 valence electrons. The fourth-order valence-electron chi connectivity index (χ4n) is 2.45. The van der Waals surface area contributed by atoms with E-state index in [0.717, 1.165) is 5.75 Å². The minimum Gasteiger partial charge on any atom is -0.493 e. The third-order valence-electron chi connectivity index (χ3n) is 3.96. The smallest absolute Gasteiger partial charge is 0.311 e. The molecule has 1 heterocycles. The van der Waals surface area contributed by atoms with Crippen LogP contribution in [-0.2, 0) is 4.79 Å². The van der Waals surface area contributed by atoms with Crippen LogP contribution in [0.3, 0.4) is 0 Å². The minimum atomic E-state index is -0.847. The van der Waals surface area contributed by atoms with Gasteiger partial charge in [0.25, 0.3) is 5.91 Å². The van der Waals surface area contributed by atoms with Crippen molar-refractivity contribution >= 4 is 11.9 Å². The normalized spacial score (nSPS) is 21.2. The second-order valence-corrected chi connectivity index (χ2v) is 6.57. The van der Waals surface area contributed by atoms with Crippen molar-refractivity contribution in [1.29, 1.82) is 0 Å². The van der Waals surface area contributed by atoms with E-state index < -0.39 is 11.4 Å². The second kappa shape index (κ2) is 6.38. The predicted molar refractivity (Wildman–Crippen MR) is 83.0 cm³/mol. The average molecular weight is 305 g/mol. The summed E-state index contributed by atoms with van der Waals surface area (Å²) in [5.41, 5.74) is -0.276. The van der Waals surface area contributed by atoms with Crippen LogP contribution in [0.4, 0.5) is 0 Å². The molecule has 0 aromatic heterocycles. The van der Waals surface area contributed by atoms with Gasteiger partial charge in [-0.3, -0.25) is 9.59 Å². The van der Waals surface area contributed by atoms with Crippen molar-refractivity contribution in [2.45, 2.75) is 27.2 Å². The fraction of sp³-hybridized carbons (Fsp3) is 0.529. The van der Waals surface area contributed by atoms with E-state index in [4.69, 9.17) is 4.74 Å². The molecule has 0 bridgehead atoms. The number of carbonyl (C=O) groups excluding carboxylic acids is 1. The maximum Gasteiger partial charge on any atom is 0.311 e. The van der Waals surface area contributed by atoms with Crippen molar-refractivity contribution in [2.75, 3.05) is 19.7 Å². The largest absolute Gasteiger partial charge is 0.493 e. The van der Waals surface area contributed by atoms with Crippen molar-refractivity contribution in [1.82, 2.24) is 4.90 Å². The van der Waals surface area contributed by atoms with E-state index in [-0.39, 0.29) is 12.5 Å². The molecule has 0 spiro atoms. The number of amides is 1. The quantitative estimate of drug-likeness (QED) is 0.908. The third-order valence-corrected chi connectivity index (χ3v) is 3.96. The van der Waals surface area contributed by atoms with Gasteiger partial charge in [-0.15, -0.1) is 0 Å². The molecule has 1 saturated heterocycles. The number of rotatable bonds is 5. The van der Waals surface area contributed by atoms with Gasteiger partial charge in [-0.05, 0) is 43.5 Å². The average Bonchev–Trinajstić information content (AvgIpc) is 2.89. The molecular formula is C17H23NO4. The van der Waals surface area contributed by atoms with Crippen LogP contribution in [0.25, 0.3) is 0 Å². The van der Waals surface area contributed by atoms with Crippen molar-refractivity contribution in [3.05, 3.63) is 29.8 Å². The maximum atomic E-state index is 12.4. The van der Waals surface area contributed by atoms with Crippen LogP contribution in [0, 0.1) is 11.3 Å². The van der Waals surface area contributed by atoms with Crippen LogP contribution in [0.15, 0.2) is 24.3 Å². The molecule has 1 unspecified atom stereocenters. The molecule has 2 rings (SSSR count). The highest BCUT2D eigenvalue weighted by Crippen LogP contribution is 2.31. The third kappa shape index (κ3) is 3.59. The number of carbonyl (C=O) groups is 2. The monoisotopic (exact) mass is 305 g/mol. The van der Waals surface area contributed by atoms with Gasteiger partial charge in [-0.25, -0.2) is 0 Å². The van der Waals surface area contributed by atoms with Gasteiger partial charge in [0.1, 0.15) is 5.75 Å². The molecule has 0 radical (unpaired) electrons. The summed E-state index contributed by atoms with van der Waals surface area (Å²) >= 11 is 0. The minimum absolute atomic E-state index is 0.125. The number of hydrogen-bond acceptors (Lipinski definition) is 3. The summed E-state index contributed by atoms with van der Waals surface area (Å²) in [6.45, 7) is 7.21. The Bertz CT molecular complexity index is 552. The first kappa shape index (κ1) is 16.3. The molecule has 0 saturated carbocycles. The number of hydrogen-bond donors (Lipinski definition) is 1. The van der Waals surface area contributed by atoms with Crippen molar-refractivity contribution in [3.63, 3.8) is 0 Å². The van der Waals surface area contributed by atoms with Crippen molar-refractivity contribution in [3.8, 4) is 5.75 Å². The summed E-state index contributed by atoms with van der Waals surface area (Å²) in [6, 6.07) is 7.02. The van der Waals surface area contributed by atoms with Gasteiger partial charge in [0, 0.05) is 18.7 Å². The van der Waals surface area contributed by atoms with Crippen molar-refractivity contribution in [2.24, 2.45) is 11.3 Å². The van der Waals surface area contributed by atoms with E-state index in [9.17, 15) is 14.7 Å². The molecule has 1 aromatic carbocycles. The first-order valence-corrected chi connectivity index (χ1v) is 7.57. The number of ether oxygens (including phenoxy) is 1. The molecule has 1 aliphatic rings. The molecule has 1 fully saturated rings. The Balaban J connectivity index is 2.00. The number of likely N-dealkylation sites (tertiary alicyclic amines) is 1. The SMILES string of the molecule is CC(C)COc1ccc(C(=O)N2CCC(C)(C(=O)O)C2)cc1. The Kier molecular flexibility index (Phi) is 4.74. The topological polar surface area (TPSA) is 66.8 Å². The molecule has 22 heavy (non-hydrogen) atoms. The number of carboxylic acids is 1. The Morgan fingerprint density at radius 1 is 1.32 bits per heavy atom. The lowest BCUT2D eigenvalue weighted by molar-refractivity contribution is -0.147. The Labute approximate surface area is 130 Å². The maximum absolute atomic E-state index is 12.4. The van der Waals surface area contributed by atoms with Crippen LogP contribution in [0.1, 0.15) is 37.6 Å². The lowest BCUT2D eigenvalue weighted by atomic mass is 9.90. The van der Waals surface area contributed by atoms with Gasteiger partial charge in [0.2, 0.25) is 0 Å². The molecule has 0 aliphatic carbocycles. The van der Waals surface area contributed by atoms with Gasteiger partial charge in [-0.2, -0.15) is 0 Å². The second-order valence-electron chi connectivity index (χ2n) is 6.57. The van der Waals surface area contributed by atoms with E-state index in [0.29, 0.717) is 31.1 Å². The van der Waals surface area contributed by atoms with E-state index in [2.05, 4.69) is 13.8 Å². The highest BCUT2D eigenvalue weighted by Gasteiger charge is 2.42. The zero-order valence-corrected chi connectivity index (χ0v) is 13.3. The van der Waals surface area contributed by atoms with Crippen molar-refractivity contribution < 1.29 is 19.4 Å². The lowest BCUT2D eigenvalue weighted by Gasteiger charge is -2.20. The predicted octanol–water partition coefficient (Wildman–Crippen LogP) is 2.66. The highest BCUT2D eigenvalue weighted by molar-refractivity contribution is 5.95. The van der Waals surface area contributed by atoms with Gasteiger partial charge < -0.3 is 14.7 Å². The highest BCUT2D eigenvalue weighted by atomic mass is 16.5. The lowest BCUT2D eigenvalue weighted by Crippen LogP contribution is -2.34. The molecule has 1 aromatic rings. The number of benzene rings is 1. The van der Waals surface area contributed by atoms with Gasteiger partial charge in [0.15, 0.2) is 0 Å². The molecule has 5 heteroatoms. The number of aliphatic carboxylic acids is 1. The van der Waals surface area contributed by atoms with Gasteiger partial charge >= 0.3 is 5.97 Å². The fourth-order valence-corrected chi connectivity index (χ4v) is 2.45. The summed E-state index contributed by atoms with van der Waals surface area (Å²) in [6.07, 6.45) is 0.490. The summed E-state index contributed by atoms with van der Waals surface area (Å²) < 4.78 is 5.59. The Morgan fingerprint density at radius 2 is 1.95 bits per heavy atom. The standard InChI is InChI=1S/C17H23NO4/c1-12(2)10-22-14-6-4-13(5-7-14)15(19)18-9-8-17(3,11-18)16(20)21/h4-7,12H,8-11H2,1-3H3,(H,20,21). The Morgan fingerprint density at radius 3 is 2.45 bits per heavy atom. The molecular weight excluding hydrogens is 282 g/mol. The summed E-state index contributed by atoms with van der Waals surface area (Å²) in [7, 11) is 0. The summed E-state index contributed by atoms with van der Waals surface area (Å²) in [5.74, 6) is 0.210. The van der Waals surface area contributed by atoms with Gasteiger partial charge in [-0.1, -0.05) is 13.8 Å². The molecule has 1 amide bonds. The van der Waals surface area contributed by atoms with Crippen LogP contribution in [-0.4, -0.2) is 41.6 Å². The number of carboxylic acid groups (broad SMARTS) is 1. The molecule has 1 atom stereocenters. The van der Waals surface area contributed by atoms with E-state index in [1.807, 2.05) is 0 Å². The Hall–Kier alpha value is -2.04. The summed E-state index contributed by atoms with van der Waals surface area (Å²) in [5, 5.41) is 9.23. The van der Waals surface area contributed by atoms with E-state index >= 15 is 0 Å². The van der Waals surface area contributed by atoms with Crippen LogP contribution >= 0.6 is 0 Å².